The smallest absolute Gasteiger partial charge is 0.165 e. The number of halogens is 1. The fraction of sp³-hybridized carbons (Fsp3) is 0.450. The van der Waals surface area contributed by atoms with Crippen LogP contribution in [0.5, 0.6) is 5.75 Å². The molecule has 1 atom stereocenters. The molecular weight excluding hydrogens is 333 g/mol. The number of aromatic nitrogens is 1. The molecule has 1 unspecified atom stereocenters. The molecule has 0 saturated carbocycles. The molecular formula is C20H26FN3O2. The Balaban J connectivity index is 1.38. The van der Waals surface area contributed by atoms with Gasteiger partial charge in [0.15, 0.2) is 11.6 Å². The Bertz CT molecular complexity index is 705. The molecule has 3 rings (SSSR count). The second-order valence-corrected chi connectivity index (χ2v) is 6.78. The Labute approximate surface area is 153 Å². The number of aryl methyl sites for hydroxylation is 1. The first-order chi connectivity index (χ1) is 12.6. The van der Waals surface area contributed by atoms with Crippen molar-refractivity contribution in [3.05, 3.63) is 54.0 Å². The number of likely N-dealkylation sites (tertiary alicyclic amines) is 1. The number of hydrogen-bond donors (Lipinski definition) is 2. The first kappa shape index (κ1) is 18.6. The van der Waals surface area contributed by atoms with Crippen molar-refractivity contribution in [3.8, 4) is 5.75 Å². The van der Waals surface area contributed by atoms with Gasteiger partial charge in [-0.3, -0.25) is 0 Å². The summed E-state index contributed by atoms with van der Waals surface area (Å²) in [5.41, 5.74) is 1.01. The Morgan fingerprint density at radius 1 is 1.23 bits per heavy atom. The zero-order valence-corrected chi connectivity index (χ0v) is 15.1. The Morgan fingerprint density at radius 2 is 2.00 bits per heavy atom. The van der Waals surface area contributed by atoms with Gasteiger partial charge in [-0.15, -0.1) is 0 Å². The number of nitrogens with zero attached hydrogens (tertiary/aromatic N) is 2. The summed E-state index contributed by atoms with van der Waals surface area (Å²) >= 11 is 0. The van der Waals surface area contributed by atoms with Crippen LogP contribution in [0, 0.1) is 12.7 Å². The minimum absolute atomic E-state index is 0.0896. The van der Waals surface area contributed by atoms with Crippen LogP contribution in [-0.2, 0) is 0 Å². The molecule has 6 heteroatoms. The van der Waals surface area contributed by atoms with Crippen LogP contribution in [-0.4, -0.2) is 53.4 Å². The summed E-state index contributed by atoms with van der Waals surface area (Å²) < 4.78 is 18.9. The van der Waals surface area contributed by atoms with Gasteiger partial charge in [-0.05, 0) is 44.0 Å². The van der Waals surface area contributed by atoms with Gasteiger partial charge >= 0.3 is 0 Å². The van der Waals surface area contributed by atoms with E-state index in [1.54, 1.807) is 18.2 Å². The summed E-state index contributed by atoms with van der Waals surface area (Å²) in [7, 11) is 0. The van der Waals surface area contributed by atoms with Crippen molar-refractivity contribution in [1.29, 1.82) is 0 Å². The lowest BCUT2D eigenvalue weighted by molar-refractivity contribution is 0.0592. The van der Waals surface area contributed by atoms with E-state index in [2.05, 4.69) is 15.2 Å². The van der Waals surface area contributed by atoms with E-state index >= 15 is 0 Å². The first-order valence-corrected chi connectivity index (χ1v) is 9.08. The second kappa shape index (κ2) is 8.96. The predicted octanol–water partition coefficient (Wildman–Crippen LogP) is 2.85. The molecule has 140 valence electrons. The molecule has 0 radical (unpaired) electrons. The third-order valence-corrected chi connectivity index (χ3v) is 4.56. The largest absolute Gasteiger partial charge is 0.488 e. The lowest BCUT2D eigenvalue weighted by Crippen LogP contribution is -2.43. The Hall–Kier alpha value is -2.18. The topological polar surface area (TPSA) is 57.6 Å². The van der Waals surface area contributed by atoms with Gasteiger partial charge in [0, 0.05) is 31.4 Å². The van der Waals surface area contributed by atoms with E-state index in [-0.39, 0.29) is 12.4 Å². The molecule has 1 aliphatic heterocycles. The van der Waals surface area contributed by atoms with Crippen LogP contribution in [0.1, 0.15) is 18.5 Å². The number of nitrogens with one attached hydrogen (secondary N) is 1. The predicted molar refractivity (Wildman–Crippen MR) is 100.0 cm³/mol. The number of β-amino-alcohol motifs (C(OH)–C–C–N with tert-alkyl or cyclic N) is 1. The first-order valence-electron chi connectivity index (χ1n) is 9.08. The molecule has 5 nitrogen and oxygen atoms in total. The molecule has 0 aliphatic carbocycles. The number of pyridine rings is 1. The summed E-state index contributed by atoms with van der Waals surface area (Å²) in [5, 5.41) is 13.7. The SMILES string of the molecule is Cc1cccc(NC2CCN(CC(O)COc3ccccc3F)CC2)n1. The highest BCUT2D eigenvalue weighted by Crippen LogP contribution is 2.17. The highest BCUT2D eigenvalue weighted by Gasteiger charge is 2.21. The van der Waals surface area contributed by atoms with Crippen LogP contribution in [0.2, 0.25) is 0 Å². The fourth-order valence-corrected chi connectivity index (χ4v) is 3.19. The fourth-order valence-electron chi connectivity index (χ4n) is 3.19. The molecule has 0 bridgehead atoms. The van der Waals surface area contributed by atoms with Crippen molar-refractivity contribution in [2.75, 3.05) is 31.6 Å². The van der Waals surface area contributed by atoms with Crippen LogP contribution < -0.4 is 10.1 Å². The van der Waals surface area contributed by atoms with Crippen molar-refractivity contribution >= 4 is 5.82 Å². The van der Waals surface area contributed by atoms with E-state index in [1.807, 2.05) is 25.1 Å². The molecule has 26 heavy (non-hydrogen) atoms. The molecule has 1 aromatic carbocycles. The maximum absolute atomic E-state index is 13.5. The standard InChI is InChI=1S/C20H26FN3O2/c1-15-5-4-8-20(22-15)23-16-9-11-24(12-10-16)13-17(25)14-26-19-7-3-2-6-18(19)21/h2-8,16-17,25H,9-14H2,1H3,(H,22,23). The number of piperidine rings is 1. The minimum atomic E-state index is -0.641. The monoisotopic (exact) mass is 359 g/mol. The van der Waals surface area contributed by atoms with Crippen LogP contribution in [0.15, 0.2) is 42.5 Å². The maximum atomic E-state index is 13.5. The second-order valence-electron chi connectivity index (χ2n) is 6.78. The van der Waals surface area contributed by atoms with E-state index in [4.69, 9.17) is 4.74 Å². The molecule has 1 fully saturated rings. The van der Waals surface area contributed by atoms with E-state index in [9.17, 15) is 9.50 Å². The van der Waals surface area contributed by atoms with Crippen molar-refractivity contribution in [2.24, 2.45) is 0 Å². The third-order valence-electron chi connectivity index (χ3n) is 4.56. The van der Waals surface area contributed by atoms with Crippen molar-refractivity contribution in [1.82, 2.24) is 9.88 Å². The van der Waals surface area contributed by atoms with Gasteiger partial charge in [0.25, 0.3) is 0 Å². The van der Waals surface area contributed by atoms with Gasteiger partial charge in [0.05, 0.1) is 0 Å². The van der Waals surface area contributed by atoms with Gasteiger partial charge in [-0.2, -0.15) is 0 Å². The van der Waals surface area contributed by atoms with Crippen LogP contribution in [0.4, 0.5) is 10.2 Å². The van der Waals surface area contributed by atoms with E-state index in [0.717, 1.165) is 37.4 Å². The van der Waals surface area contributed by atoms with Crippen molar-refractivity contribution < 1.29 is 14.2 Å². The molecule has 1 saturated heterocycles. The van der Waals surface area contributed by atoms with Gasteiger partial charge in [0.1, 0.15) is 18.5 Å². The molecule has 2 N–H and O–H groups in total. The lowest BCUT2D eigenvalue weighted by atomic mass is 10.0. The summed E-state index contributed by atoms with van der Waals surface area (Å²) in [5.74, 6) is 0.693. The highest BCUT2D eigenvalue weighted by atomic mass is 19.1. The van der Waals surface area contributed by atoms with Gasteiger partial charge in [0.2, 0.25) is 0 Å². The van der Waals surface area contributed by atoms with Crippen LogP contribution >= 0.6 is 0 Å². The summed E-state index contributed by atoms with van der Waals surface area (Å²) in [6.45, 7) is 4.41. The summed E-state index contributed by atoms with van der Waals surface area (Å²) in [4.78, 5) is 6.70. The number of rotatable bonds is 7. The number of hydrogen-bond acceptors (Lipinski definition) is 5. The number of aliphatic hydroxyl groups excluding tert-OH is 1. The van der Waals surface area contributed by atoms with Gasteiger partial charge in [-0.1, -0.05) is 18.2 Å². The van der Waals surface area contributed by atoms with Gasteiger partial charge < -0.3 is 20.1 Å². The zero-order chi connectivity index (χ0) is 18.4. The molecule has 0 spiro atoms. The number of anilines is 1. The van der Waals surface area contributed by atoms with Crippen LogP contribution in [0.3, 0.4) is 0 Å². The lowest BCUT2D eigenvalue weighted by Gasteiger charge is -2.33. The van der Waals surface area contributed by atoms with Crippen LogP contribution in [0.25, 0.3) is 0 Å². The number of aliphatic hydroxyl groups is 1. The van der Waals surface area contributed by atoms with Crippen molar-refractivity contribution in [3.63, 3.8) is 0 Å². The van der Waals surface area contributed by atoms with Gasteiger partial charge in [-0.25, -0.2) is 9.37 Å². The summed E-state index contributed by atoms with van der Waals surface area (Å²) in [6.07, 6.45) is 1.35. The average molecular weight is 359 g/mol. The van der Waals surface area contributed by atoms with E-state index in [0.29, 0.717) is 12.6 Å². The maximum Gasteiger partial charge on any atom is 0.165 e. The number of benzene rings is 1. The Morgan fingerprint density at radius 3 is 2.73 bits per heavy atom. The van der Waals surface area contributed by atoms with E-state index in [1.165, 1.54) is 6.07 Å². The molecule has 2 aromatic rings. The molecule has 0 amide bonds. The van der Waals surface area contributed by atoms with Crippen molar-refractivity contribution in [2.45, 2.75) is 31.9 Å². The quantitative estimate of drug-likeness (QED) is 0.796. The van der Waals surface area contributed by atoms with E-state index < -0.39 is 11.9 Å². The number of para-hydroxylation sites is 1. The summed E-state index contributed by atoms with van der Waals surface area (Å²) in [6, 6.07) is 12.6. The Kier molecular flexibility index (Phi) is 6.41. The minimum Gasteiger partial charge on any atom is -0.488 e. The zero-order valence-electron chi connectivity index (χ0n) is 15.1. The molecule has 1 aliphatic rings. The normalized spacial score (nSPS) is 17.0. The molecule has 1 aromatic heterocycles. The third kappa shape index (κ3) is 5.41. The molecule has 2 heterocycles. The number of ether oxygens (including phenoxy) is 1. The highest BCUT2D eigenvalue weighted by molar-refractivity contribution is 5.36. The average Bonchev–Trinajstić information content (AvgIpc) is 2.63.